The average molecular weight is 260 g/mol. The Morgan fingerprint density at radius 2 is 2.12 bits per heavy atom. The summed E-state index contributed by atoms with van der Waals surface area (Å²) in [7, 11) is -3.81. The first-order valence-electron chi connectivity index (χ1n) is 5.05. The Balaban J connectivity index is 2.97. The van der Waals surface area contributed by atoms with Crippen LogP contribution in [0.1, 0.15) is 18.9 Å². The van der Waals surface area contributed by atoms with Crippen molar-refractivity contribution in [2.75, 3.05) is 0 Å². The zero-order valence-corrected chi connectivity index (χ0v) is 10.1. The summed E-state index contributed by atoms with van der Waals surface area (Å²) >= 11 is 0. The SMILES string of the molecule is CCC(C(=O)O)S(=O)(=O)Cc1cccc(F)c1. The van der Waals surface area contributed by atoms with E-state index in [0.29, 0.717) is 0 Å². The molecule has 94 valence electrons. The van der Waals surface area contributed by atoms with Gasteiger partial charge in [0.1, 0.15) is 5.82 Å². The first-order chi connectivity index (χ1) is 7.86. The standard InChI is InChI=1S/C11H13FO4S/c1-2-10(11(13)14)17(15,16)7-8-4-3-5-9(12)6-8/h3-6,10H,2,7H2,1H3,(H,13,14). The number of sulfone groups is 1. The molecule has 17 heavy (non-hydrogen) atoms. The molecule has 0 fully saturated rings. The van der Waals surface area contributed by atoms with Crippen molar-refractivity contribution < 1.29 is 22.7 Å². The molecule has 1 N–H and O–H groups in total. The van der Waals surface area contributed by atoms with Crippen LogP contribution in [0.15, 0.2) is 24.3 Å². The zero-order chi connectivity index (χ0) is 13.1. The minimum absolute atomic E-state index is 0.00696. The van der Waals surface area contributed by atoms with E-state index in [1.54, 1.807) is 0 Å². The van der Waals surface area contributed by atoms with Gasteiger partial charge in [0.2, 0.25) is 0 Å². The largest absolute Gasteiger partial charge is 0.480 e. The Bertz CT molecular complexity index is 510. The van der Waals surface area contributed by atoms with Crippen LogP contribution in [-0.4, -0.2) is 24.7 Å². The molecular weight excluding hydrogens is 247 g/mol. The van der Waals surface area contributed by atoms with Gasteiger partial charge < -0.3 is 5.11 Å². The number of aliphatic carboxylic acids is 1. The van der Waals surface area contributed by atoms with Crippen LogP contribution in [0.4, 0.5) is 4.39 Å². The number of rotatable bonds is 5. The molecule has 0 heterocycles. The molecule has 0 aromatic heterocycles. The molecule has 0 saturated carbocycles. The van der Waals surface area contributed by atoms with E-state index in [9.17, 15) is 17.6 Å². The van der Waals surface area contributed by atoms with Crippen LogP contribution in [0.25, 0.3) is 0 Å². The monoisotopic (exact) mass is 260 g/mol. The molecule has 0 bridgehead atoms. The third-order valence-electron chi connectivity index (χ3n) is 2.34. The van der Waals surface area contributed by atoms with Gasteiger partial charge in [-0.25, -0.2) is 12.8 Å². The van der Waals surface area contributed by atoms with Crippen molar-refractivity contribution >= 4 is 15.8 Å². The second-order valence-corrected chi connectivity index (χ2v) is 5.86. The molecule has 0 aliphatic carbocycles. The normalized spacial score (nSPS) is 13.3. The highest BCUT2D eigenvalue weighted by Gasteiger charge is 2.30. The molecule has 0 saturated heterocycles. The summed E-state index contributed by atoms with van der Waals surface area (Å²) in [5, 5.41) is 7.35. The quantitative estimate of drug-likeness (QED) is 0.873. The van der Waals surface area contributed by atoms with Gasteiger partial charge in [0, 0.05) is 0 Å². The van der Waals surface area contributed by atoms with E-state index in [4.69, 9.17) is 5.11 Å². The molecule has 1 rings (SSSR count). The fourth-order valence-electron chi connectivity index (χ4n) is 1.54. The predicted molar refractivity (Wildman–Crippen MR) is 60.7 cm³/mol. The van der Waals surface area contributed by atoms with Crippen molar-refractivity contribution in [3.8, 4) is 0 Å². The summed E-state index contributed by atoms with van der Waals surface area (Å²) in [5.74, 6) is -2.37. The minimum atomic E-state index is -3.81. The van der Waals surface area contributed by atoms with E-state index in [0.717, 1.165) is 6.07 Å². The number of carboxylic acid groups (broad SMARTS) is 1. The molecule has 1 aromatic rings. The van der Waals surface area contributed by atoms with Gasteiger partial charge in [-0.15, -0.1) is 0 Å². The lowest BCUT2D eigenvalue weighted by Gasteiger charge is -2.11. The first-order valence-corrected chi connectivity index (χ1v) is 6.77. The summed E-state index contributed by atoms with van der Waals surface area (Å²) < 4.78 is 36.4. The first kappa shape index (κ1) is 13.6. The van der Waals surface area contributed by atoms with E-state index in [2.05, 4.69) is 0 Å². The fraction of sp³-hybridized carbons (Fsp3) is 0.364. The average Bonchev–Trinajstić information content (AvgIpc) is 2.16. The van der Waals surface area contributed by atoms with E-state index >= 15 is 0 Å². The Kier molecular flexibility index (Phi) is 4.22. The minimum Gasteiger partial charge on any atom is -0.480 e. The molecule has 1 atom stereocenters. The Hall–Kier alpha value is -1.43. The predicted octanol–water partition coefficient (Wildman–Crippen LogP) is 1.60. The molecule has 0 aliphatic rings. The van der Waals surface area contributed by atoms with Gasteiger partial charge >= 0.3 is 5.97 Å². The molecule has 1 aromatic carbocycles. The van der Waals surface area contributed by atoms with Crippen LogP contribution in [0, 0.1) is 5.82 Å². The Labute approximate surface area is 99.0 Å². The molecule has 0 spiro atoms. The lowest BCUT2D eigenvalue weighted by Crippen LogP contribution is -2.30. The maximum Gasteiger partial charge on any atom is 0.321 e. The maximum absolute atomic E-state index is 12.9. The second kappa shape index (κ2) is 5.27. The van der Waals surface area contributed by atoms with Gasteiger partial charge in [-0.3, -0.25) is 4.79 Å². The van der Waals surface area contributed by atoms with Gasteiger partial charge in [0.25, 0.3) is 0 Å². The molecule has 6 heteroatoms. The third-order valence-corrected chi connectivity index (χ3v) is 4.47. The topological polar surface area (TPSA) is 71.4 Å². The highest BCUT2D eigenvalue weighted by molar-refractivity contribution is 7.92. The molecule has 4 nitrogen and oxygen atoms in total. The van der Waals surface area contributed by atoms with Crippen LogP contribution in [0.3, 0.4) is 0 Å². The summed E-state index contributed by atoms with van der Waals surface area (Å²) in [6.07, 6.45) is -0.00696. The van der Waals surface area contributed by atoms with Crippen molar-refractivity contribution in [1.82, 2.24) is 0 Å². The van der Waals surface area contributed by atoms with Crippen molar-refractivity contribution in [3.05, 3.63) is 35.6 Å². The highest BCUT2D eigenvalue weighted by atomic mass is 32.2. The summed E-state index contributed by atoms with van der Waals surface area (Å²) in [4.78, 5) is 10.8. The van der Waals surface area contributed by atoms with Crippen LogP contribution < -0.4 is 0 Å². The van der Waals surface area contributed by atoms with Gasteiger partial charge in [-0.1, -0.05) is 19.1 Å². The van der Waals surface area contributed by atoms with Crippen molar-refractivity contribution in [2.24, 2.45) is 0 Å². The summed E-state index contributed by atoms with van der Waals surface area (Å²) in [6.45, 7) is 1.49. The third kappa shape index (κ3) is 3.52. The van der Waals surface area contributed by atoms with Crippen LogP contribution in [-0.2, 0) is 20.4 Å². The summed E-state index contributed by atoms with van der Waals surface area (Å²) in [6, 6.07) is 5.13. The number of hydrogen-bond acceptors (Lipinski definition) is 3. The number of benzene rings is 1. The van der Waals surface area contributed by atoms with Crippen LogP contribution in [0.2, 0.25) is 0 Å². The molecule has 0 radical (unpaired) electrons. The number of halogens is 1. The van der Waals surface area contributed by atoms with Gasteiger partial charge in [0.15, 0.2) is 15.1 Å². The lowest BCUT2D eigenvalue weighted by molar-refractivity contribution is -0.136. The van der Waals surface area contributed by atoms with Crippen molar-refractivity contribution in [3.63, 3.8) is 0 Å². The maximum atomic E-state index is 12.9. The number of hydrogen-bond donors (Lipinski definition) is 1. The highest BCUT2D eigenvalue weighted by Crippen LogP contribution is 2.15. The fourth-order valence-corrected chi connectivity index (χ4v) is 3.20. The lowest BCUT2D eigenvalue weighted by atomic mass is 10.2. The molecule has 0 amide bonds. The van der Waals surface area contributed by atoms with Gasteiger partial charge in [-0.05, 0) is 24.1 Å². The van der Waals surface area contributed by atoms with E-state index in [-0.39, 0.29) is 12.0 Å². The van der Waals surface area contributed by atoms with E-state index < -0.39 is 32.6 Å². The molecule has 0 aliphatic heterocycles. The van der Waals surface area contributed by atoms with Crippen LogP contribution in [0.5, 0.6) is 0 Å². The molecule has 1 unspecified atom stereocenters. The number of carboxylic acids is 1. The van der Waals surface area contributed by atoms with Gasteiger partial charge in [-0.2, -0.15) is 0 Å². The van der Waals surface area contributed by atoms with E-state index in [1.807, 2.05) is 0 Å². The zero-order valence-electron chi connectivity index (χ0n) is 9.26. The molecular formula is C11H13FO4S. The smallest absolute Gasteiger partial charge is 0.321 e. The van der Waals surface area contributed by atoms with Crippen LogP contribution >= 0.6 is 0 Å². The van der Waals surface area contributed by atoms with Gasteiger partial charge in [0.05, 0.1) is 5.75 Å². The van der Waals surface area contributed by atoms with Crippen molar-refractivity contribution in [1.29, 1.82) is 0 Å². The Morgan fingerprint density at radius 1 is 1.47 bits per heavy atom. The van der Waals surface area contributed by atoms with Crippen molar-refractivity contribution in [2.45, 2.75) is 24.3 Å². The second-order valence-electron chi connectivity index (χ2n) is 3.67. The number of carbonyl (C=O) groups is 1. The Morgan fingerprint density at radius 3 is 2.59 bits per heavy atom. The van der Waals surface area contributed by atoms with E-state index in [1.165, 1.54) is 25.1 Å². The summed E-state index contributed by atoms with van der Waals surface area (Å²) in [5.41, 5.74) is 0.254.